The van der Waals surface area contributed by atoms with Crippen LogP contribution in [0.25, 0.3) is 0 Å². The summed E-state index contributed by atoms with van der Waals surface area (Å²) >= 11 is 3.11. The molecule has 0 bridgehead atoms. The third-order valence-corrected chi connectivity index (χ3v) is 1.51. The first-order valence-electron chi connectivity index (χ1n) is 2.95. The van der Waals surface area contributed by atoms with Gasteiger partial charge in [0.15, 0.2) is 5.69 Å². The highest BCUT2D eigenvalue weighted by molar-refractivity contribution is 9.10. The molecule has 0 fully saturated rings. The first-order valence-corrected chi connectivity index (χ1v) is 3.74. The van der Waals surface area contributed by atoms with Gasteiger partial charge in [0.2, 0.25) is 0 Å². The molecule has 0 unspecified atom stereocenters. The van der Waals surface area contributed by atoms with Crippen molar-refractivity contribution in [3.05, 3.63) is 22.4 Å². The van der Waals surface area contributed by atoms with Gasteiger partial charge in [-0.25, -0.2) is 0 Å². The summed E-state index contributed by atoms with van der Waals surface area (Å²) in [6.45, 7) is 0. The summed E-state index contributed by atoms with van der Waals surface area (Å²) in [7, 11) is 1.55. The maximum Gasteiger partial charge on any atom is 0.271 e. The number of carbonyl (C=O) groups is 1. The topological polar surface area (TPSA) is 54.9 Å². The standard InChI is InChI=1S/C6H6BrN3O/c1-8-6(11)4-2-3-5(7)10-9-4/h2-3H,1H3,(H,8,11). The van der Waals surface area contributed by atoms with E-state index in [1.807, 2.05) is 0 Å². The van der Waals surface area contributed by atoms with Crippen LogP contribution in [0.4, 0.5) is 0 Å². The summed E-state index contributed by atoms with van der Waals surface area (Å²) in [6, 6.07) is 3.26. The van der Waals surface area contributed by atoms with Crippen LogP contribution in [0.3, 0.4) is 0 Å². The van der Waals surface area contributed by atoms with Gasteiger partial charge in [0.25, 0.3) is 5.91 Å². The summed E-state index contributed by atoms with van der Waals surface area (Å²) in [4.78, 5) is 10.9. The summed E-state index contributed by atoms with van der Waals surface area (Å²) in [6.07, 6.45) is 0. The smallest absolute Gasteiger partial charge is 0.271 e. The van der Waals surface area contributed by atoms with Gasteiger partial charge in [0.05, 0.1) is 0 Å². The Labute approximate surface area is 72.1 Å². The van der Waals surface area contributed by atoms with Crippen molar-refractivity contribution in [3.8, 4) is 0 Å². The lowest BCUT2D eigenvalue weighted by Crippen LogP contribution is -2.19. The summed E-state index contributed by atoms with van der Waals surface area (Å²) in [5.41, 5.74) is 0.315. The monoisotopic (exact) mass is 215 g/mol. The Hall–Kier alpha value is -0.970. The van der Waals surface area contributed by atoms with Gasteiger partial charge in [0, 0.05) is 7.05 Å². The molecule has 5 heteroatoms. The van der Waals surface area contributed by atoms with E-state index in [4.69, 9.17) is 0 Å². The van der Waals surface area contributed by atoms with Crippen molar-refractivity contribution >= 4 is 21.8 Å². The van der Waals surface area contributed by atoms with Crippen LogP contribution in [0.2, 0.25) is 0 Å². The van der Waals surface area contributed by atoms with Crippen LogP contribution in [-0.4, -0.2) is 23.2 Å². The largest absolute Gasteiger partial charge is 0.354 e. The maximum atomic E-state index is 10.9. The molecule has 0 aliphatic rings. The van der Waals surface area contributed by atoms with E-state index in [1.165, 1.54) is 0 Å². The number of halogens is 1. The molecule has 1 N–H and O–H groups in total. The molecule has 11 heavy (non-hydrogen) atoms. The van der Waals surface area contributed by atoms with Crippen molar-refractivity contribution in [2.24, 2.45) is 0 Å². The lowest BCUT2D eigenvalue weighted by molar-refractivity contribution is 0.0957. The SMILES string of the molecule is CNC(=O)c1ccc(Br)nn1. The number of aromatic nitrogens is 2. The van der Waals surface area contributed by atoms with E-state index in [1.54, 1.807) is 19.2 Å². The highest BCUT2D eigenvalue weighted by Gasteiger charge is 2.03. The van der Waals surface area contributed by atoms with Gasteiger partial charge >= 0.3 is 0 Å². The van der Waals surface area contributed by atoms with Gasteiger partial charge in [-0.1, -0.05) is 0 Å². The van der Waals surface area contributed by atoms with E-state index in [0.29, 0.717) is 10.3 Å². The summed E-state index contributed by atoms with van der Waals surface area (Å²) in [5.74, 6) is -0.231. The second kappa shape index (κ2) is 3.43. The Kier molecular flexibility index (Phi) is 2.53. The molecule has 1 amide bonds. The molecule has 58 valence electrons. The zero-order chi connectivity index (χ0) is 8.27. The van der Waals surface area contributed by atoms with Gasteiger partial charge in [-0.3, -0.25) is 4.79 Å². The van der Waals surface area contributed by atoms with E-state index in [2.05, 4.69) is 31.4 Å². The zero-order valence-corrected chi connectivity index (χ0v) is 7.42. The third kappa shape index (κ3) is 1.98. The van der Waals surface area contributed by atoms with Crippen LogP contribution in [0.15, 0.2) is 16.7 Å². The Bertz CT molecular complexity index is 259. The van der Waals surface area contributed by atoms with E-state index in [-0.39, 0.29) is 5.91 Å². The van der Waals surface area contributed by atoms with Gasteiger partial charge in [-0.05, 0) is 28.1 Å². The number of carbonyl (C=O) groups excluding carboxylic acids is 1. The molecule has 0 atom stereocenters. The third-order valence-electron chi connectivity index (χ3n) is 1.09. The molecule has 1 rings (SSSR count). The second-order valence-electron chi connectivity index (χ2n) is 1.82. The summed E-state index contributed by atoms with van der Waals surface area (Å²) in [5, 5.41) is 9.74. The van der Waals surface area contributed by atoms with Crippen LogP contribution >= 0.6 is 15.9 Å². The quantitative estimate of drug-likeness (QED) is 0.747. The summed E-state index contributed by atoms with van der Waals surface area (Å²) < 4.78 is 0.616. The Morgan fingerprint density at radius 3 is 2.73 bits per heavy atom. The molecule has 1 heterocycles. The van der Waals surface area contributed by atoms with E-state index >= 15 is 0 Å². The molecule has 4 nitrogen and oxygen atoms in total. The van der Waals surface area contributed by atoms with Crippen molar-refractivity contribution in [1.82, 2.24) is 15.5 Å². The normalized spacial score (nSPS) is 9.27. The molecule has 0 aliphatic heterocycles. The molecule has 0 saturated carbocycles. The number of hydrogen-bond acceptors (Lipinski definition) is 3. The lowest BCUT2D eigenvalue weighted by atomic mass is 10.4. The van der Waals surface area contributed by atoms with Crippen LogP contribution in [0.5, 0.6) is 0 Å². The van der Waals surface area contributed by atoms with Crippen LogP contribution in [0, 0.1) is 0 Å². The number of hydrogen-bond donors (Lipinski definition) is 1. The Balaban J connectivity index is 2.90. The lowest BCUT2D eigenvalue weighted by Gasteiger charge is -1.95. The fourth-order valence-electron chi connectivity index (χ4n) is 0.565. The number of nitrogens with one attached hydrogen (secondary N) is 1. The fraction of sp³-hybridized carbons (Fsp3) is 0.167. The van der Waals surface area contributed by atoms with Crippen molar-refractivity contribution in [2.75, 3.05) is 7.05 Å². The zero-order valence-electron chi connectivity index (χ0n) is 5.84. The number of nitrogens with zero attached hydrogens (tertiary/aromatic N) is 2. The molecule has 0 aromatic carbocycles. The molecule has 0 saturated heterocycles. The van der Waals surface area contributed by atoms with Crippen molar-refractivity contribution < 1.29 is 4.79 Å². The predicted octanol–water partition coefficient (Wildman–Crippen LogP) is 0.599. The molecule has 1 aromatic rings. The minimum atomic E-state index is -0.231. The maximum absolute atomic E-state index is 10.9. The molecule has 0 radical (unpaired) electrons. The predicted molar refractivity (Wildman–Crippen MR) is 43.1 cm³/mol. The number of amides is 1. The average molecular weight is 216 g/mol. The molecule has 0 spiro atoms. The molecular formula is C6H6BrN3O. The van der Waals surface area contributed by atoms with Gasteiger partial charge in [0.1, 0.15) is 4.60 Å². The Morgan fingerprint density at radius 2 is 2.27 bits per heavy atom. The molecule has 0 aliphatic carbocycles. The minimum absolute atomic E-state index is 0.231. The van der Waals surface area contributed by atoms with Crippen LogP contribution in [-0.2, 0) is 0 Å². The van der Waals surface area contributed by atoms with Crippen molar-refractivity contribution in [3.63, 3.8) is 0 Å². The average Bonchev–Trinajstić information content (AvgIpc) is 2.05. The first-order chi connectivity index (χ1) is 5.24. The van der Waals surface area contributed by atoms with E-state index < -0.39 is 0 Å². The van der Waals surface area contributed by atoms with Crippen LogP contribution < -0.4 is 5.32 Å². The Morgan fingerprint density at radius 1 is 1.55 bits per heavy atom. The van der Waals surface area contributed by atoms with Crippen molar-refractivity contribution in [1.29, 1.82) is 0 Å². The first kappa shape index (κ1) is 8.13. The highest BCUT2D eigenvalue weighted by atomic mass is 79.9. The van der Waals surface area contributed by atoms with E-state index in [0.717, 1.165) is 0 Å². The van der Waals surface area contributed by atoms with Gasteiger partial charge in [-0.2, -0.15) is 0 Å². The number of rotatable bonds is 1. The molecule has 1 aromatic heterocycles. The van der Waals surface area contributed by atoms with Crippen molar-refractivity contribution in [2.45, 2.75) is 0 Å². The van der Waals surface area contributed by atoms with Gasteiger partial charge in [-0.15, -0.1) is 10.2 Å². The minimum Gasteiger partial charge on any atom is -0.354 e. The highest BCUT2D eigenvalue weighted by Crippen LogP contribution is 2.02. The fourth-order valence-corrected chi connectivity index (χ4v) is 0.777. The van der Waals surface area contributed by atoms with Crippen LogP contribution in [0.1, 0.15) is 10.5 Å². The van der Waals surface area contributed by atoms with Gasteiger partial charge < -0.3 is 5.32 Å². The molecular weight excluding hydrogens is 210 g/mol. The second-order valence-corrected chi connectivity index (χ2v) is 2.63. The van der Waals surface area contributed by atoms with E-state index in [9.17, 15) is 4.79 Å².